The summed E-state index contributed by atoms with van der Waals surface area (Å²) in [6, 6.07) is 0.0372. The van der Waals surface area contributed by atoms with Gasteiger partial charge in [-0.15, -0.1) is 0 Å². The van der Waals surface area contributed by atoms with Crippen LogP contribution in [0.1, 0.15) is 50.8 Å². The Bertz CT molecular complexity index is 560. The monoisotopic (exact) mass is 314 g/mol. The summed E-state index contributed by atoms with van der Waals surface area (Å²) in [5.41, 5.74) is 1.53. The minimum atomic E-state index is -3.55. The summed E-state index contributed by atoms with van der Waals surface area (Å²) < 4.78 is 27.9. The first-order valence-corrected chi connectivity index (χ1v) is 9.19. The number of hydrogen-bond acceptors (Lipinski definition) is 4. The van der Waals surface area contributed by atoms with Gasteiger partial charge in [-0.25, -0.2) is 13.1 Å². The molecule has 0 aliphatic heterocycles. The Hall–Kier alpha value is -0.920. The van der Waals surface area contributed by atoms with Crippen molar-refractivity contribution in [3.05, 3.63) is 11.3 Å². The molecule has 7 heteroatoms. The molecule has 0 amide bonds. The van der Waals surface area contributed by atoms with Gasteiger partial charge in [-0.3, -0.25) is 5.10 Å². The van der Waals surface area contributed by atoms with Crippen LogP contribution < -0.4 is 10.0 Å². The van der Waals surface area contributed by atoms with Gasteiger partial charge in [-0.1, -0.05) is 13.8 Å². The number of aryl methyl sites for hydroxylation is 1. The second-order valence-electron chi connectivity index (χ2n) is 5.99. The molecule has 0 aromatic carbocycles. The van der Waals surface area contributed by atoms with E-state index in [0.717, 1.165) is 43.5 Å². The highest BCUT2D eigenvalue weighted by Crippen LogP contribution is 2.25. The molecule has 1 fully saturated rings. The predicted molar refractivity (Wildman–Crippen MR) is 82.4 cm³/mol. The summed E-state index contributed by atoms with van der Waals surface area (Å²) in [5, 5.41) is 10.1. The van der Waals surface area contributed by atoms with Crippen molar-refractivity contribution in [3.8, 4) is 0 Å². The molecule has 0 atom stereocenters. The first kappa shape index (κ1) is 16.5. The normalized spacial score (nSPS) is 23.4. The smallest absolute Gasteiger partial charge is 0.260 e. The molecule has 0 spiro atoms. The lowest BCUT2D eigenvalue weighted by Crippen LogP contribution is -2.38. The fourth-order valence-corrected chi connectivity index (χ4v) is 4.27. The highest BCUT2D eigenvalue weighted by molar-refractivity contribution is 7.89. The van der Waals surface area contributed by atoms with E-state index < -0.39 is 10.0 Å². The molecule has 0 unspecified atom stereocenters. The number of aromatic amines is 1. The number of rotatable bonds is 6. The summed E-state index contributed by atoms with van der Waals surface area (Å²) in [6.07, 6.45) is 3.98. The first-order chi connectivity index (χ1) is 9.94. The van der Waals surface area contributed by atoms with E-state index in [9.17, 15) is 8.42 Å². The molecule has 1 aromatic rings. The predicted octanol–water partition coefficient (Wildman–Crippen LogP) is 1.68. The summed E-state index contributed by atoms with van der Waals surface area (Å²) in [4.78, 5) is 0. The van der Waals surface area contributed by atoms with Crippen LogP contribution in [0, 0.1) is 12.8 Å². The minimum Gasteiger partial charge on any atom is -0.313 e. The van der Waals surface area contributed by atoms with Gasteiger partial charge in [-0.2, -0.15) is 5.10 Å². The Morgan fingerprint density at radius 1 is 1.29 bits per heavy atom. The molecule has 6 nitrogen and oxygen atoms in total. The van der Waals surface area contributed by atoms with Gasteiger partial charge in [-0.05, 0) is 45.1 Å². The van der Waals surface area contributed by atoms with Crippen molar-refractivity contribution in [2.24, 2.45) is 5.92 Å². The standard InChI is InChI=1S/C14H26N4O2S/c1-4-15-9-13-11(3)16-17-14(13)21(19,20)18-12-7-5-10(2)6-8-12/h10,12,15,18H,4-9H2,1-3H3,(H,16,17). The van der Waals surface area contributed by atoms with Crippen LogP contribution in [0.5, 0.6) is 0 Å². The summed E-state index contributed by atoms with van der Waals surface area (Å²) in [6.45, 7) is 7.36. The molecule has 120 valence electrons. The van der Waals surface area contributed by atoms with Crippen LogP contribution in [-0.2, 0) is 16.6 Å². The van der Waals surface area contributed by atoms with Crippen LogP contribution in [0.2, 0.25) is 0 Å². The minimum absolute atomic E-state index is 0.0372. The quantitative estimate of drug-likeness (QED) is 0.745. The Kier molecular flexibility index (Phi) is 5.40. The molecule has 1 saturated carbocycles. The molecule has 0 radical (unpaired) electrons. The van der Waals surface area contributed by atoms with Crippen molar-refractivity contribution in [2.45, 2.75) is 64.1 Å². The van der Waals surface area contributed by atoms with E-state index in [1.54, 1.807) is 0 Å². The lowest BCUT2D eigenvalue weighted by atomic mass is 9.88. The maximum absolute atomic E-state index is 12.6. The SMILES string of the molecule is CCNCc1c(S(=O)(=O)NC2CCC(C)CC2)n[nH]c1C. The third-order valence-electron chi connectivity index (χ3n) is 4.18. The number of nitrogens with zero attached hydrogens (tertiary/aromatic N) is 1. The lowest BCUT2D eigenvalue weighted by Gasteiger charge is -2.26. The average Bonchev–Trinajstić information content (AvgIpc) is 2.81. The molecule has 2 rings (SSSR count). The number of aromatic nitrogens is 2. The van der Waals surface area contributed by atoms with E-state index in [1.165, 1.54) is 0 Å². The van der Waals surface area contributed by atoms with Gasteiger partial charge in [0.05, 0.1) is 0 Å². The summed E-state index contributed by atoms with van der Waals surface area (Å²) in [7, 11) is -3.55. The topological polar surface area (TPSA) is 86.9 Å². The zero-order chi connectivity index (χ0) is 15.5. The Morgan fingerprint density at radius 2 is 1.95 bits per heavy atom. The molecule has 0 saturated heterocycles. The number of sulfonamides is 1. The molecule has 21 heavy (non-hydrogen) atoms. The fourth-order valence-electron chi connectivity index (χ4n) is 2.76. The van der Waals surface area contributed by atoms with Gasteiger partial charge in [0.1, 0.15) is 0 Å². The fraction of sp³-hybridized carbons (Fsp3) is 0.786. The van der Waals surface area contributed by atoms with Crippen LogP contribution in [0.4, 0.5) is 0 Å². The zero-order valence-electron chi connectivity index (χ0n) is 13.1. The van der Waals surface area contributed by atoms with E-state index in [0.29, 0.717) is 12.5 Å². The molecule has 1 aromatic heterocycles. The molecule has 1 heterocycles. The van der Waals surface area contributed by atoms with Crippen molar-refractivity contribution in [1.82, 2.24) is 20.2 Å². The highest BCUT2D eigenvalue weighted by atomic mass is 32.2. The maximum atomic E-state index is 12.6. The Morgan fingerprint density at radius 3 is 2.57 bits per heavy atom. The van der Waals surface area contributed by atoms with Crippen molar-refractivity contribution in [1.29, 1.82) is 0 Å². The van der Waals surface area contributed by atoms with Crippen LogP contribution >= 0.6 is 0 Å². The van der Waals surface area contributed by atoms with Crippen LogP contribution in [0.25, 0.3) is 0 Å². The maximum Gasteiger partial charge on any atom is 0.260 e. The second-order valence-corrected chi connectivity index (χ2v) is 7.62. The summed E-state index contributed by atoms with van der Waals surface area (Å²) >= 11 is 0. The van der Waals surface area contributed by atoms with Gasteiger partial charge >= 0.3 is 0 Å². The van der Waals surface area contributed by atoms with Gasteiger partial charge in [0.25, 0.3) is 10.0 Å². The lowest BCUT2D eigenvalue weighted by molar-refractivity contribution is 0.332. The number of hydrogen-bond donors (Lipinski definition) is 3. The van der Waals surface area contributed by atoms with E-state index >= 15 is 0 Å². The molecule has 1 aliphatic rings. The molecular formula is C14H26N4O2S. The summed E-state index contributed by atoms with van der Waals surface area (Å²) in [5.74, 6) is 0.697. The van der Waals surface area contributed by atoms with Crippen molar-refractivity contribution in [3.63, 3.8) is 0 Å². The van der Waals surface area contributed by atoms with Gasteiger partial charge in [0.2, 0.25) is 0 Å². The molecule has 3 N–H and O–H groups in total. The number of nitrogens with one attached hydrogen (secondary N) is 3. The first-order valence-electron chi connectivity index (χ1n) is 7.71. The van der Waals surface area contributed by atoms with Gasteiger partial charge in [0, 0.05) is 23.8 Å². The second kappa shape index (κ2) is 6.89. The third kappa shape index (κ3) is 4.05. The van der Waals surface area contributed by atoms with Gasteiger partial charge < -0.3 is 5.32 Å². The van der Waals surface area contributed by atoms with Crippen LogP contribution in [0.15, 0.2) is 5.03 Å². The van der Waals surface area contributed by atoms with Crippen molar-refractivity contribution in [2.75, 3.05) is 6.54 Å². The van der Waals surface area contributed by atoms with E-state index in [-0.39, 0.29) is 11.1 Å². The van der Waals surface area contributed by atoms with E-state index in [2.05, 4.69) is 27.2 Å². The Balaban J connectivity index is 2.12. The van der Waals surface area contributed by atoms with E-state index in [1.807, 2.05) is 13.8 Å². The molecule has 0 bridgehead atoms. The number of H-pyrrole nitrogens is 1. The van der Waals surface area contributed by atoms with Crippen molar-refractivity contribution >= 4 is 10.0 Å². The highest BCUT2D eigenvalue weighted by Gasteiger charge is 2.28. The van der Waals surface area contributed by atoms with Gasteiger partial charge in [0.15, 0.2) is 5.03 Å². The zero-order valence-corrected chi connectivity index (χ0v) is 13.9. The van der Waals surface area contributed by atoms with E-state index in [4.69, 9.17) is 0 Å². The largest absolute Gasteiger partial charge is 0.313 e. The Labute approximate surface area is 127 Å². The van der Waals surface area contributed by atoms with Crippen molar-refractivity contribution < 1.29 is 8.42 Å². The molecular weight excluding hydrogens is 288 g/mol. The average molecular weight is 314 g/mol. The van der Waals surface area contributed by atoms with Crippen LogP contribution in [0.3, 0.4) is 0 Å². The third-order valence-corrected chi connectivity index (χ3v) is 5.67. The molecule has 1 aliphatic carbocycles. The van der Waals surface area contributed by atoms with Crippen LogP contribution in [-0.4, -0.2) is 31.2 Å².